The number of hydrogen-bond acceptors (Lipinski definition) is 4. The standard InChI is InChI=1S/C12H12O4/c13-11-6-7-12(14)16-10(8-15-11)9-4-2-1-3-5-9/h1-5,10H,6-8H2. The van der Waals surface area contributed by atoms with Crippen LogP contribution in [0.5, 0.6) is 0 Å². The van der Waals surface area contributed by atoms with E-state index in [1.54, 1.807) is 0 Å². The number of cyclic esters (lactones) is 2. The van der Waals surface area contributed by atoms with Crippen LogP contribution in [0.2, 0.25) is 0 Å². The zero-order valence-corrected chi connectivity index (χ0v) is 8.72. The van der Waals surface area contributed by atoms with E-state index in [9.17, 15) is 9.59 Å². The van der Waals surface area contributed by atoms with E-state index >= 15 is 0 Å². The highest BCUT2D eigenvalue weighted by atomic mass is 16.6. The van der Waals surface area contributed by atoms with E-state index in [1.807, 2.05) is 30.3 Å². The molecule has 1 saturated heterocycles. The van der Waals surface area contributed by atoms with Crippen LogP contribution in [0.15, 0.2) is 30.3 Å². The quantitative estimate of drug-likeness (QED) is 0.675. The summed E-state index contributed by atoms with van der Waals surface area (Å²) in [4.78, 5) is 22.5. The Kier molecular flexibility index (Phi) is 3.19. The second-order valence-corrected chi connectivity index (χ2v) is 3.57. The van der Waals surface area contributed by atoms with Gasteiger partial charge in [-0.3, -0.25) is 9.59 Å². The third kappa shape index (κ3) is 2.59. The van der Waals surface area contributed by atoms with Gasteiger partial charge in [-0.15, -0.1) is 0 Å². The van der Waals surface area contributed by atoms with Crippen molar-refractivity contribution in [3.05, 3.63) is 35.9 Å². The summed E-state index contributed by atoms with van der Waals surface area (Å²) in [5.74, 6) is -0.705. The Bertz CT molecular complexity index is 385. The Morgan fingerprint density at radius 1 is 1.00 bits per heavy atom. The molecule has 1 unspecified atom stereocenters. The van der Waals surface area contributed by atoms with Gasteiger partial charge in [0.05, 0.1) is 12.8 Å². The number of carbonyl (C=O) groups is 2. The van der Waals surface area contributed by atoms with E-state index in [4.69, 9.17) is 9.47 Å². The number of rotatable bonds is 1. The first-order chi connectivity index (χ1) is 7.75. The fourth-order valence-corrected chi connectivity index (χ4v) is 1.53. The van der Waals surface area contributed by atoms with Crippen molar-refractivity contribution in [2.75, 3.05) is 6.61 Å². The molecule has 0 N–H and O–H groups in total. The first kappa shape index (κ1) is 10.7. The Balaban J connectivity index is 2.13. The molecule has 1 heterocycles. The van der Waals surface area contributed by atoms with Crippen molar-refractivity contribution >= 4 is 11.9 Å². The van der Waals surface area contributed by atoms with Gasteiger partial charge in [0.15, 0.2) is 6.10 Å². The molecule has 1 aliphatic heterocycles. The van der Waals surface area contributed by atoms with Crippen molar-refractivity contribution < 1.29 is 19.1 Å². The number of carbonyl (C=O) groups excluding carboxylic acids is 2. The maximum Gasteiger partial charge on any atom is 0.307 e. The summed E-state index contributed by atoms with van der Waals surface area (Å²) < 4.78 is 10.2. The Morgan fingerprint density at radius 2 is 1.69 bits per heavy atom. The summed E-state index contributed by atoms with van der Waals surface area (Å²) in [5, 5.41) is 0. The van der Waals surface area contributed by atoms with Crippen molar-refractivity contribution in [2.45, 2.75) is 18.9 Å². The van der Waals surface area contributed by atoms with Gasteiger partial charge in [0.2, 0.25) is 0 Å². The first-order valence-corrected chi connectivity index (χ1v) is 5.16. The molecule has 1 atom stereocenters. The van der Waals surface area contributed by atoms with E-state index in [-0.39, 0.29) is 31.4 Å². The molecular formula is C12H12O4. The third-order valence-corrected chi connectivity index (χ3v) is 2.37. The third-order valence-electron chi connectivity index (χ3n) is 2.37. The van der Waals surface area contributed by atoms with E-state index in [0.29, 0.717) is 0 Å². The summed E-state index contributed by atoms with van der Waals surface area (Å²) in [6, 6.07) is 9.26. The summed E-state index contributed by atoms with van der Waals surface area (Å²) >= 11 is 0. The number of ether oxygens (including phenoxy) is 2. The minimum Gasteiger partial charge on any atom is -0.461 e. The number of benzene rings is 1. The molecule has 0 aliphatic carbocycles. The summed E-state index contributed by atoms with van der Waals surface area (Å²) in [5.41, 5.74) is 0.838. The van der Waals surface area contributed by atoms with Gasteiger partial charge in [-0.05, 0) is 5.56 Å². The zero-order chi connectivity index (χ0) is 11.4. The largest absolute Gasteiger partial charge is 0.461 e. The highest BCUT2D eigenvalue weighted by Crippen LogP contribution is 2.20. The lowest BCUT2D eigenvalue weighted by Crippen LogP contribution is -2.22. The molecule has 16 heavy (non-hydrogen) atoms. The van der Waals surface area contributed by atoms with Crippen LogP contribution in [0.3, 0.4) is 0 Å². The number of hydrogen-bond donors (Lipinski definition) is 0. The Hall–Kier alpha value is -1.84. The molecular weight excluding hydrogens is 208 g/mol. The highest BCUT2D eigenvalue weighted by molar-refractivity contribution is 5.78. The van der Waals surface area contributed by atoms with Gasteiger partial charge in [-0.1, -0.05) is 30.3 Å². The Labute approximate surface area is 93.2 Å². The highest BCUT2D eigenvalue weighted by Gasteiger charge is 2.22. The van der Waals surface area contributed by atoms with Gasteiger partial charge in [-0.25, -0.2) is 0 Å². The first-order valence-electron chi connectivity index (χ1n) is 5.16. The van der Waals surface area contributed by atoms with Crippen molar-refractivity contribution in [3.8, 4) is 0 Å². The monoisotopic (exact) mass is 220 g/mol. The van der Waals surface area contributed by atoms with Crippen LogP contribution in [-0.4, -0.2) is 18.5 Å². The lowest BCUT2D eigenvalue weighted by molar-refractivity contribution is -0.166. The molecule has 0 amide bonds. The van der Waals surface area contributed by atoms with E-state index in [1.165, 1.54) is 0 Å². The normalized spacial score (nSPS) is 21.6. The van der Waals surface area contributed by atoms with Crippen LogP contribution in [0, 0.1) is 0 Å². The number of esters is 2. The lowest BCUT2D eigenvalue weighted by Gasteiger charge is -2.20. The van der Waals surface area contributed by atoms with Crippen molar-refractivity contribution in [3.63, 3.8) is 0 Å². The SMILES string of the molecule is O=C1CCC(=O)OC(c2ccccc2)CO1. The molecule has 1 fully saturated rings. The smallest absolute Gasteiger partial charge is 0.307 e. The molecule has 0 spiro atoms. The lowest BCUT2D eigenvalue weighted by atomic mass is 10.1. The minimum atomic E-state index is -0.488. The van der Waals surface area contributed by atoms with Crippen molar-refractivity contribution in [1.29, 1.82) is 0 Å². The molecule has 0 radical (unpaired) electrons. The van der Waals surface area contributed by atoms with Gasteiger partial charge in [-0.2, -0.15) is 0 Å². The fraction of sp³-hybridized carbons (Fsp3) is 0.333. The van der Waals surface area contributed by atoms with Crippen LogP contribution >= 0.6 is 0 Å². The summed E-state index contributed by atoms with van der Waals surface area (Å²) in [7, 11) is 0. The van der Waals surface area contributed by atoms with Gasteiger partial charge in [0.25, 0.3) is 0 Å². The summed E-state index contributed by atoms with van der Waals surface area (Å²) in [6.07, 6.45) is -0.305. The van der Waals surface area contributed by atoms with E-state index in [2.05, 4.69) is 0 Å². The van der Waals surface area contributed by atoms with Crippen LogP contribution < -0.4 is 0 Å². The maximum atomic E-state index is 11.3. The summed E-state index contributed by atoms with van der Waals surface area (Å²) in [6.45, 7) is 0.0919. The predicted molar refractivity (Wildman–Crippen MR) is 55.5 cm³/mol. The van der Waals surface area contributed by atoms with Gasteiger partial charge in [0, 0.05) is 0 Å². The molecule has 1 aromatic rings. The Morgan fingerprint density at radius 3 is 2.44 bits per heavy atom. The molecule has 4 nitrogen and oxygen atoms in total. The molecule has 1 aromatic carbocycles. The van der Waals surface area contributed by atoms with Crippen molar-refractivity contribution in [1.82, 2.24) is 0 Å². The zero-order valence-electron chi connectivity index (χ0n) is 8.72. The molecule has 0 bridgehead atoms. The molecule has 2 rings (SSSR count). The average Bonchev–Trinajstić information content (AvgIpc) is 2.31. The molecule has 1 aliphatic rings. The molecule has 0 aromatic heterocycles. The van der Waals surface area contributed by atoms with E-state index in [0.717, 1.165) is 5.56 Å². The topological polar surface area (TPSA) is 52.6 Å². The maximum absolute atomic E-state index is 11.3. The van der Waals surface area contributed by atoms with Crippen LogP contribution in [0.1, 0.15) is 24.5 Å². The predicted octanol–water partition coefficient (Wildman–Crippen LogP) is 1.61. The van der Waals surface area contributed by atoms with Gasteiger partial charge >= 0.3 is 11.9 Å². The second-order valence-electron chi connectivity index (χ2n) is 3.57. The van der Waals surface area contributed by atoms with Gasteiger partial charge < -0.3 is 9.47 Å². The fourth-order valence-electron chi connectivity index (χ4n) is 1.53. The second kappa shape index (κ2) is 4.79. The average molecular weight is 220 g/mol. The van der Waals surface area contributed by atoms with Crippen LogP contribution in [0.25, 0.3) is 0 Å². The minimum absolute atomic E-state index is 0.0855. The van der Waals surface area contributed by atoms with Crippen molar-refractivity contribution in [2.24, 2.45) is 0 Å². The van der Waals surface area contributed by atoms with Crippen LogP contribution in [0.4, 0.5) is 0 Å². The van der Waals surface area contributed by atoms with E-state index < -0.39 is 6.10 Å². The van der Waals surface area contributed by atoms with Crippen LogP contribution in [-0.2, 0) is 19.1 Å². The molecule has 4 heteroatoms. The van der Waals surface area contributed by atoms with Gasteiger partial charge in [0.1, 0.15) is 6.61 Å². The molecule has 84 valence electrons. The molecule has 0 saturated carbocycles.